The highest BCUT2D eigenvalue weighted by Crippen LogP contribution is 2.45. The van der Waals surface area contributed by atoms with Crippen molar-refractivity contribution in [1.82, 2.24) is 4.98 Å². The van der Waals surface area contributed by atoms with Crippen molar-refractivity contribution in [3.05, 3.63) is 157 Å². The maximum absolute atomic E-state index is 4.75. The minimum absolute atomic E-state index is 1.00. The molecule has 234 valence electrons. The number of benzene rings is 6. The van der Waals surface area contributed by atoms with E-state index < -0.39 is 0 Å². The van der Waals surface area contributed by atoms with Crippen LogP contribution in [0.25, 0.3) is 71.3 Å². The second kappa shape index (κ2) is 15.3. The van der Waals surface area contributed by atoms with Crippen molar-refractivity contribution in [3.63, 3.8) is 0 Å². The zero-order valence-corrected chi connectivity index (χ0v) is 28.8. The van der Waals surface area contributed by atoms with Crippen molar-refractivity contribution in [2.45, 2.75) is 48.5 Å². The quantitative estimate of drug-likeness (QED) is 0.139. The summed E-state index contributed by atoms with van der Waals surface area (Å²) in [4.78, 5) is 4.75. The molecule has 0 aliphatic carbocycles. The summed E-state index contributed by atoms with van der Waals surface area (Å²) in [7, 11) is 0. The topological polar surface area (TPSA) is 12.9 Å². The fourth-order valence-electron chi connectivity index (χ4n) is 6.59. The third kappa shape index (κ3) is 6.27. The van der Waals surface area contributed by atoms with Gasteiger partial charge in [0.25, 0.3) is 0 Å². The van der Waals surface area contributed by atoms with E-state index in [-0.39, 0.29) is 0 Å². The average molecular weight is 612 g/mol. The van der Waals surface area contributed by atoms with Gasteiger partial charge in [0.1, 0.15) is 0 Å². The number of hydrogen-bond donors (Lipinski definition) is 0. The Kier molecular flexibility index (Phi) is 10.8. The molecule has 47 heavy (non-hydrogen) atoms. The summed E-state index contributed by atoms with van der Waals surface area (Å²) in [6.07, 6.45) is 8.18. The van der Waals surface area contributed by atoms with E-state index >= 15 is 0 Å². The van der Waals surface area contributed by atoms with Crippen molar-refractivity contribution >= 4 is 37.9 Å². The van der Waals surface area contributed by atoms with Gasteiger partial charge in [-0.05, 0) is 98.1 Å². The second-order valence-corrected chi connectivity index (χ2v) is 11.0. The molecule has 6 aromatic carbocycles. The molecule has 0 spiro atoms. The van der Waals surface area contributed by atoms with E-state index in [9.17, 15) is 0 Å². The summed E-state index contributed by atoms with van der Waals surface area (Å²) in [6.45, 7) is 14.3. The standard InChI is InChI=1S/C42H33N.2C2H6/c1-4-13-29(5-2)42-33(22-12-27-43-42)30-23-25-31(26-24-30)40-36-15-6-8-17-38(36)41(39-18-9-7-16-37(39)40)35-21-11-19-32-28(3)14-10-20-34(32)35;2*1-2/h4-27H,1-3H3;2*1-2H3/b13-4-,29-5+;;. The van der Waals surface area contributed by atoms with E-state index in [4.69, 9.17) is 4.98 Å². The summed E-state index contributed by atoms with van der Waals surface area (Å²) in [6, 6.07) is 44.3. The lowest BCUT2D eigenvalue weighted by Gasteiger charge is -2.19. The van der Waals surface area contributed by atoms with Crippen LogP contribution in [0.2, 0.25) is 0 Å². The van der Waals surface area contributed by atoms with Gasteiger partial charge in [-0.3, -0.25) is 4.98 Å². The highest BCUT2D eigenvalue weighted by Gasteiger charge is 2.18. The molecular weight excluding hydrogens is 567 g/mol. The summed E-state index contributed by atoms with van der Waals surface area (Å²) in [5.74, 6) is 0. The van der Waals surface area contributed by atoms with Crippen molar-refractivity contribution in [3.8, 4) is 33.4 Å². The minimum Gasteiger partial charge on any atom is -0.256 e. The Balaban J connectivity index is 0.00000105. The predicted octanol–water partition coefficient (Wildman–Crippen LogP) is 13.9. The van der Waals surface area contributed by atoms with Gasteiger partial charge < -0.3 is 0 Å². The van der Waals surface area contributed by atoms with E-state index in [0.717, 1.165) is 22.4 Å². The van der Waals surface area contributed by atoms with E-state index in [1.165, 1.54) is 60.1 Å². The van der Waals surface area contributed by atoms with E-state index in [1.54, 1.807) is 0 Å². The highest BCUT2D eigenvalue weighted by atomic mass is 14.7. The van der Waals surface area contributed by atoms with Gasteiger partial charge in [0, 0.05) is 11.8 Å². The van der Waals surface area contributed by atoms with Gasteiger partial charge >= 0.3 is 0 Å². The van der Waals surface area contributed by atoms with Gasteiger partial charge in [0.2, 0.25) is 0 Å². The number of pyridine rings is 1. The number of aromatic nitrogens is 1. The fraction of sp³-hybridized carbons (Fsp3) is 0.152. The Hall–Kier alpha value is -5.27. The zero-order valence-electron chi connectivity index (χ0n) is 28.8. The number of allylic oxidation sites excluding steroid dienone is 4. The molecule has 0 aliphatic rings. The van der Waals surface area contributed by atoms with Crippen LogP contribution in [-0.2, 0) is 0 Å². The monoisotopic (exact) mass is 611 g/mol. The van der Waals surface area contributed by atoms with Crippen molar-refractivity contribution < 1.29 is 0 Å². The molecule has 1 nitrogen and oxygen atoms in total. The third-order valence-electron chi connectivity index (χ3n) is 8.56. The van der Waals surface area contributed by atoms with Gasteiger partial charge in [-0.1, -0.05) is 161 Å². The molecule has 0 amide bonds. The van der Waals surface area contributed by atoms with E-state index in [1.807, 2.05) is 46.9 Å². The van der Waals surface area contributed by atoms with Gasteiger partial charge in [0.15, 0.2) is 0 Å². The van der Waals surface area contributed by atoms with Gasteiger partial charge in [0.05, 0.1) is 5.69 Å². The fourth-order valence-corrected chi connectivity index (χ4v) is 6.59. The minimum atomic E-state index is 1.00. The average Bonchev–Trinajstić information content (AvgIpc) is 3.15. The second-order valence-electron chi connectivity index (χ2n) is 11.0. The van der Waals surface area contributed by atoms with Crippen LogP contribution in [0.3, 0.4) is 0 Å². The number of rotatable bonds is 5. The summed E-state index contributed by atoms with van der Waals surface area (Å²) < 4.78 is 0. The van der Waals surface area contributed by atoms with Gasteiger partial charge in [-0.15, -0.1) is 0 Å². The molecule has 0 fully saturated rings. The molecule has 0 aliphatic heterocycles. The molecule has 7 aromatic rings. The highest BCUT2D eigenvalue weighted by molar-refractivity contribution is 6.23. The van der Waals surface area contributed by atoms with Crippen LogP contribution >= 0.6 is 0 Å². The van der Waals surface area contributed by atoms with Crippen molar-refractivity contribution in [2.75, 3.05) is 0 Å². The number of hydrogen-bond acceptors (Lipinski definition) is 1. The first kappa shape index (κ1) is 33.1. The number of aryl methyl sites for hydroxylation is 1. The van der Waals surface area contributed by atoms with Crippen LogP contribution in [0.15, 0.2) is 146 Å². The molecule has 0 unspecified atom stereocenters. The van der Waals surface area contributed by atoms with E-state index in [2.05, 4.69) is 147 Å². The SMILES string of the molecule is C/C=C\C(=C/C)c1ncccc1-c1ccc(-c2c3ccccc3c(-c3cccc4c(C)cccc34)c3ccccc23)cc1.CC.CC. The Morgan fingerprint density at radius 1 is 0.489 bits per heavy atom. The number of fused-ring (bicyclic) bond motifs is 3. The third-order valence-corrected chi connectivity index (χ3v) is 8.56. The van der Waals surface area contributed by atoms with Crippen LogP contribution in [0.4, 0.5) is 0 Å². The predicted molar refractivity (Wildman–Crippen MR) is 209 cm³/mol. The molecular formula is C46H45N. The van der Waals surface area contributed by atoms with Crippen LogP contribution in [0, 0.1) is 6.92 Å². The molecule has 1 heteroatoms. The van der Waals surface area contributed by atoms with Crippen molar-refractivity contribution in [1.29, 1.82) is 0 Å². The molecule has 0 radical (unpaired) electrons. The first-order valence-corrected chi connectivity index (χ1v) is 17.0. The summed E-state index contributed by atoms with van der Waals surface area (Å²) in [5, 5.41) is 7.67. The zero-order chi connectivity index (χ0) is 33.3. The lowest BCUT2D eigenvalue weighted by Crippen LogP contribution is -1.93. The molecule has 0 saturated heterocycles. The first-order valence-electron chi connectivity index (χ1n) is 17.0. The maximum Gasteiger partial charge on any atom is 0.0776 e. The molecule has 0 N–H and O–H groups in total. The molecule has 1 heterocycles. The Morgan fingerprint density at radius 2 is 1.00 bits per heavy atom. The maximum atomic E-state index is 4.75. The number of nitrogens with zero attached hydrogens (tertiary/aromatic N) is 1. The van der Waals surface area contributed by atoms with Crippen LogP contribution in [-0.4, -0.2) is 4.98 Å². The van der Waals surface area contributed by atoms with E-state index in [0.29, 0.717) is 0 Å². The first-order chi connectivity index (χ1) is 23.2. The lowest BCUT2D eigenvalue weighted by molar-refractivity contribution is 1.28. The Morgan fingerprint density at radius 3 is 1.60 bits per heavy atom. The molecule has 7 rings (SSSR count). The van der Waals surface area contributed by atoms with Crippen LogP contribution in [0.5, 0.6) is 0 Å². The summed E-state index contributed by atoms with van der Waals surface area (Å²) in [5.41, 5.74) is 10.8. The molecule has 0 bridgehead atoms. The van der Waals surface area contributed by atoms with Crippen LogP contribution in [0.1, 0.15) is 52.8 Å². The van der Waals surface area contributed by atoms with Gasteiger partial charge in [-0.25, -0.2) is 0 Å². The lowest BCUT2D eigenvalue weighted by atomic mass is 9.84. The van der Waals surface area contributed by atoms with Crippen LogP contribution < -0.4 is 0 Å². The van der Waals surface area contributed by atoms with Gasteiger partial charge in [-0.2, -0.15) is 0 Å². The molecule has 0 saturated carbocycles. The largest absolute Gasteiger partial charge is 0.256 e. The Labute approximate surface area is 281 Å². The Bertz CT molecular complexity index is 2140. The smallest absolute Gasteiger partial charge is 0.0776 e. The molecule has 1 aromatic heterocycles. The normalized spacial score (nSPS) is 11.3. The summed E-state index contributed by atoms with van der Waals surface area (Å²) >= 11 is 0. The van der Waals surface area contributed by atoms with Crippen molar-refractivity contribution in [2.24, 2.45) is 0 Å². The molecule has 0 atom stereocenters.